The van der Waals surface area contributed by atoms with Crippen LogP contribution in [0, 0.1) is 0 Å². The molecule has 0 aliphatic rings. The summed E-state index contributed by atoms with van der Waals surface area (Å²) in [5.41, 5.74) is 0.385. The van der Waals surface area contributed by atoms with E-state index in [0.29, 0.717) is 43.7 Å². The molecular formula is C24H29Cl2N3O6. The van der Waals surface area contributed by atoms with Crippen molar-refractivity contribution in [3.63, 3.8) is 0 Å². The summed E-state index contributed by atoms with van der Waals surface area (Å²) < 4.78 is 22.3. The van der Waals surface area contributed by atoms with Gasteiger partial charge in [-0.05, 0) is 46.8 Å². The highest BCUT2D eigenvalue weighted by Gasteiger charge is 2.27. The second-order valence-corrected chi connectivity index (χ2v) is 7.74. The van der Waals surface area contributed by atoms with E-state index in [4.69, 9.17) is 42.1 Å². The third kappa shape index (κ3) is 7.47. The number of hydrogen-bond donors (Lipinski definition) is 1. The number of anilines is 1. The summed E-state index contributed by atoms with van der Waals surface area (Å²) in [5.74, 6) is 0.0847. The highest BCUT2D eigenvalue weighted by atomic mass is 35.5. The molecule has 1 unspecified atom stereocenters. The van der Waals surface area contributed by atoms with Gasteiger partial charge in [-0.15, -0.1) is 0 Å². The summed E-state index contributed by atoms with van der Waals surface area (Å²) in [6.07, 6.45) is 0. The molecule has 9 nitrogen and oxygen atoms in total. The Kier molecular flexibility index (Phi) is 11.1. The van der Waals surface area contributed by atoms with Gasteiger partial charge in [0.2, 0.25) is 6.04 Å². The maximum atomic E-state index is 13.1. The van der Waals surface area contributed by atoms with E-state index in [2.05, 4.69) is 15.5 Å². The summed E-state index contributed by atoms with van der Waals surface area (Å²) in [4.78, 5) is 25.4. The van der Waals surface area contributed by atoms with Crippen LogP contribution in [0.5, 0.6) is 23.0 Å². The Morgan fingerprint density at radius 1 is 0.914 bits per heavy atom. The van der Waals surface area contributed by atoms with E-state index in [1.807, 2.05) is 13.8 Å². The van der Waals surface area contributed by atoms with E-state index in [1.165, 1.54) is 6.92 Å². The Hall–Kier alpha value is -3.04. The van der Waals surface area contributed by atoms with E-state index in [9.17, 15) is 9.59 Å². The van der Waals surface area contributed by atoms with Crippen LogP contribution in [0.3, 0.4) is 0 Å². The lowest BCUT2D eigenvalue weighted by Gasteiger charge is -2.18. The lowest BCUT2D eigenvalue weighted by molar-refractivity contribution is -0.126. The van der Waals surface area contributed by atoms with Gasteiger partial charge in [0.25, 0.3) is 5.91 Å². The molecule has 0 aromatic heterocycles. The zero-order valence-corrected chi connectivity index (χ0v) is 21.8. The number of ketones is 1. The summed E-state index contributed by atoms with van der Waals surface area (Å²) in [5, 5.41) is 11.2. The minimum absolute atomic E-state index is 0.175. The molecule has 1 atom stereocenters. The Morgan fingerprint density at radius 2 is 1.54 bits per heavy atom. The maximum Gasteiger partial charge on any atom is 0.259 e. The molecule has 0 radical (unpaired) electrons. The van der Waals surface area contributed by atoms with Crippen molar-refractivity contribution in [2.24, 2.45) is 10.2 Å². The van der Waals surface area contributed by atoms with E-state index in [1.54, 1.807) is 38.1 Å². The SMILES string of the molecule is CCOc1cc(N=NC(C(C)=O)C(=O)Nc2c(OCC)ccc(Cl)c2OCC)c(Cl)c(OCC)c1. The van der Waals surface area contributed by atoms with Crippen LogP contribution in [0.25, 0.3) is 0 Å². The molecule has 0 saturated carbocycles. The number of carbonyl (C=O) groups excluding carboxylic acids is 2. The molecule has 0 aliphatic heterocycles. The van der Waals surface area contributed by atoms with Crippen LogP contribution in [-0.4, -0.2) is 44.2 Å². The number of halogens is 2. The summed E-state index contributed by atoms with van der Waals surface area (Å²) in [6, 6.07) is 4.90. The minimum Gasteiger partial charge on any atom is -0.494 e. The average molecular weight is 526 g/mol. The van der Waals surface area contributed by atoms with Crippen LogP contribution in [0.4, 0.5) is 11.4 Å². The van der Waals surface area contributed by atoms with Gasteiger partial charge in [-0.25, -0.2) is 0 Å². The van der Waals surface area contributed by atoms with Gasteiger partial charge in [-0.2, -0.15) is 10.2 Å². The van der Waals surface area contributed by atoms with Crippen molar-refractivity contribution in [1.82, 2.24) is 0 Å². The van der Waals surface area contributed by atoms with Crippen molar-refractivity contribution in [3.8, 4) is 23.0 Å². The molecule has 0 fully saturated rings. The number of nitrogens with one attached hydrogen (secondary N) is 1. The van der Waals surface area contributed by atoms with E-state index in [0.717, 1.165) is 0 Å². The smallest absolute Gasteiger partial charge is 0.259 e. The minimum atomic E-state index is -1.47. The summed E-state index contributed by atoms with van der Waals surface area (Å²) in [6.45, 7) is 9.85. The first-order chi connectivity index (χ1) is 16.8. The number of carbonyl (C=O) groups is 2. The molecule has 1 amide bonds. The van der Waals surface area contributed by atoms with Crippen LogP contribution in [0.1, 0.15) is 34.6 Å². The molecule has 0 bridgehead atoms. The summed E-state index contributed by atoms with van der Waals surface area (Å²) >= 11 is 12.7. The molecule has 35 heavy (non-hydrogen) atoms. The van der Waals surface area contributed by atoms with Gasteiger partial charge in [-0.3, -0.25) is 9.59 Å². The Labute approximate surface area is 214 Å². The van der Waals surface area contributed by atoms with Gasteiger partial charge in [-0.1, -0.05) is 23.2 Å². The molecule has 0 spiro atoms. The zero-order chi connectivity index (χ0) is 26.0. The normalized spacial score (nSPS) is 11.7. The van der Waals surface area contributed by atoms with Crippen molar-refractivity contribution < 1.29 is 28.5 Å². The van der Waals surface area contributed by atoms with Crippen LogP contribution < -0.4 is 24.3 Å². The van der Waals surface area contributed by atoms with Crippen LogP contribution in [-0.2, 0) is 9.59 Å². The molecular weight excluding hydrogens is 497 g/mol. The zero-order valence-electron chi connectivity index (χ0n) is 20.3. The first-order valence-corrected chi connectivity index (χ1v) is 11.9. The number of amides is 1. The molecule has 1 N–H and O–H groups in total. The van der Waals surface area contributed by atoms with Gasteiger partial charge in [0.1, 0.15) is 33.6 Å². The van der Waals surface area contributed by atoms with Crippen molar-refractivity contribution in [2.45, 2.75) is 40.7 Å². The molecule has 190 valence electrons. The van der Waals surface area contributed by atoms with Crippen molar-refractivity contribution in [2.75, 3.05) is 31.7 Å². The third-order valence-electron chi connectivity index (χ3n) is 4.43. The van der Waals surface area contributed by atoms with Gasteiger partial charge in [0.15, 0.2) is 11.5 Å². The molecule has 0 saturated heterocycles. The number of nitrogens with zero attached hydrogens (tertiary/aromatic N) is 2. The van der Waals surface area contributed by atoms with Gasteiger partial charge >= 0.3 is 0 Å². The van der Waals surface area contributed by atoms with E-state index >= 15 is 0 Å². The molecule has 2 aromatic rings. The summed E-state index contributed by atoms with van der Waals surface area (Å²) in [7, 11) is 0. The number of hydrogen-bond acceptors (Lipinski definition) is 8. The fraction of sp³-hybridized carbons (Fsp3) is 0.417. The largest absolute Gasteiger partial charge is 0.494 e. The van der Waals surface area contributed by atoms with Crippen LogP contribution >= 0.6 is 23.2 Å². The molecule has 11 heteroatoms. The monoisotopic (exact) mass is 525 g/mol. The van der Waals surface area contributed by atoms with Crippen molar-refractivity contribution in [1.29, 1.82) is 0 Å². The number of azo groups is 1. The van der Waals surface area contributed by atoms with E-state index < -0.39 is 17.7 Å². The van der Waals surface area contributed by atoms with Crippen LogP contribution in [0.2, 0.25) is 10.0 Å². The number of ether oxygens (including phenoxy) is 4. The molecule has 0 aliphatic carbocycles. The van der Waals surface area contributed by atoms with Crippen molar-refractivity contribution in [3.05, 3.63) is 34.3 Å². The number of rotatable bonds is 13. The van der Waals surface area contributed by atoms with Crippen LogP contribution in [0.15, 0.2) is 34.5 Å². The lowest BCUT2D eigenvalue weighted by Crippen LogP contribution is -2.32. The molecule has 2 aromatic carbocycles. The standard InChI is InChI=1S/C24H29Cl2N3O6/c1-6-32-15-12-17(20(26)19(13-15)34-8-3)28-29-21(14(5)30)24(31)27-22-18(33-7-2)11-10-16(25)23(22)35-9-4/h10-13,21H,6-9H2,1-5H3,(H,27,31). The predicted octanol–water partition coefficient (Wildman–Crippen LogP) is 6.27. The van der Waals surface area contributed by atoms with Gasteiger partial charge < -0.3 is 24.3 Å². The highest BCUT2D eigenvalue weighted by Crippen LogP contribution is 2.41. The second kappa shape index (κ2) is 13.7. The molecule has 0 heterocycles. The maximum absolute atomic E-state index is 13.1. The Balaban J connectivity index is 2.43. The lowest BCUT2D eigenvalue weighted by atomic mass is 10.2. The second-order valence-electron chi connectivity index (χ2n) is 6.95. The molecule has 2 rings (SSSR count). The van der Waals surface area contributed by atoms with Crippen molar-refractivity contribution >= 4 is 46.3 Å². The fourth-order valence-corrected chi connectivity index (χ4v) is 3.40. The van der Waals surface area contributed by atoms with E-state index in [-0.39, 0.29) is 27.2 Å². The topological polar surface area (TPSA) is 108 Å². The van der Waals surface area contributed by atoms with Gasteiger partial charge in [0, 0.05) is 12.1 Å². The Bertz CT molecular complexity index is 1080. The first kappa shape index (κ1) is 28.2. The number of benzene rings is 2. The average Bonchev–Trinajstić information content (AvgIpc) is 2.81. The Morgan fingerprint density at radius 3 is 2.14 bits per heavy atom. The third-order valence-corrected chi connectivity index (χ3v) is 5.10. The quantitative estimate of drug-likeness (QED) is 0.244. The fourth-order valence-electron chi connectivity index (χ4n) is 2.99. The first-order valence-electron chi connectivity index (χ1n) is 11.2. The van der Waals surface area contributed by atoms with Gasteiger partial charge in [0.05, 0.1) is 31.5 Å². The number of Topliss-reactive ketones (excluding diaryl/α,β-unsaturated/α-hetero) is 1. The highest BCUT2D eigenvalue weighted by molar-refractivity contribution is 6.34. The predicted molar refractivity (Wildman–Crippen MR) is 135 cm³/mol.